The maximum absolute atomic E-state index is 10.3. The van der Waals surface area contributed by atoms with Crippen LogP contribution < -0.4 is 15.2 Å². The first kappa shape index (κ1) is 18.8. The van der Waals surface area contributed by atoms with E-state index in [1.165, 1.54) is 26.4 Å². The molecule has 1 aromatic carbocycles. The van der Waals surface area contributed by atoms with Crippen LogP contribution >= 0.6 is 12.4 Å². The van der Waals surface area contributed by atoms with E-state index in [4.69, 9.17) is 15.2 Å². The molecule has 6 heteroatoms. The van der Waals surface area contributed by atoms with Gasteiger partial charge in [0, 0.05) is 12.1 Å². The van der Waals surface area contributed by atoms with E-state index < -0.39 is 12.1 Å². The number of hydrogen-bond acceptors (Lipinski definition) is 5. The largest absolute Gasteiger partial charge is 0.508 e. The van der Waals surface area contributed by atoms with Crippen molar-refractivity contribution in [1.82, 2.24) is 0 Å². The fraction of sp³-hybridized carbons (Fsp3) is 0.571. The number of nitrogens with two attached hydrogens (primary N) is 1. The van der Waals surface area contributed by atoms with Gasteiger partial charge in [-0.3, -0.25) is 0 Å². The quantitative estimate of drug-likeness (QED) is 0.750. The van der Waals surface area contributed by atoms with Crippen LogP contribution in [0.2, 0.25) is 0 Å². The first-order valence-electron chi connectivity index (χ1n) is 6.34. The second kappa shape index (κ2) is 8.19. The Balaban J connectivity index is 0.00000361. The van der Waals surface area contributed by atoms with Crippen molar-refractivity contribution in [3.05, 3.63) is 17.7 Å². The normalized spacial score (nSPS) is 14.9. The van der Waals surface area contributed by atoms with Crippen LogP contribution in [0.15, 0.2) is 12.1 Å². The lowest BCUT2D eigenvalue weighted by atomic mass is 9.90. The maximum atomic E-state index is 10.3. The third-order valence-electron chi connectivity index (χ3n) is 3.46. The van der Waals surface area contributed by atoms with Gasteiger partial charge in [0.2, 0.25) is 0 Å². The van der Waals surface area contributed by atoms with Crippen LogP contribution in [0.5, 0.6) is 17.2 Å². The van der Waals surface area contributed by atoms with Gasteiger partial charge in [0.15, 0.2) is 0 Å². The number of hydrogen-bond donors (Lipinski definition) is 3. The molecule has 1 rings (SSSR count). The number of benzene rings is 1. The topological polar surface area (TPSA) is 84.9 Å². The summed E-state index contributed by atoms with van der Waals surface area (Å²) in [6, 6.07) is 2.28. The molecule has 0 saturated carbocycles. The molecule has 0 radical (unpaired) electrons. The zero-order valence-electron chi connectivity index (χ0n) is 12.3. The van der Waals surface area contributed by atoms with Gasteiger partial charge in [-0.15, -0.1) is 12.4 Å². The van der Waals surface area contributed by atoms with Crippen LogP contribution in [-0.2, 0) is 0 Å². The molecule has 116 valence electrons. The molecule has 1 unspecified atom stereocenters. The van der Waals surface area contributed by atoms with E-state index in [9.17, 15) is 10.2 Å². The molecule has 0 fully saturated rings. The summed E-state index contributed by atoms with van der Waals surface area (Å²) < 4.78 is 10.4. The minimum atomic E-state index is -0.711. The Bertz CT molecular complexity index is 403. The summed E-state index contributed by atoms with van der Waals surface area (Å²) >= 11 is 0. The molecule has 0 heterocycles. The molecule has 0 spiro atoms. The lowest BCUT2D eigenvalue weighted by Gasteiger charge is -2.26. The number of ether oxygens (including phenoxy) is 2. The lowest BCUT2D eigenvalue weighted by Crippen LogP contribution is -2.32. The van der Waals surface area contributed by atoms with Gasteiger partial charge in [0.05, 0.1) is 31.9 Å². The second-order valence-electron chi connectivity index (χ2n) is 4.67. The molecule has 20 heavy (non-hydrogen) atoms. The van der Waals surface area contributed by atoms with Gasteiger partial charge in [-0.1, -0.05) is 20.3 Å². The molecular weight excluding hydrogens is 282 g/mol. The number of methoxy groups -OCH3 is 2. The van der Waals surface area contributed by atoms with Crippen molar-refractivity contribution < 1.29 is 19.7 Å². The van der Waals surface area contributed by atoms with Crippen molar-refractivity contribution in [1.29, 1.82) is 0 Å². The summed E-state index contributed by atoms with van der Waals surface area (Å²) in [4.78, 5) is 0. The van der Waals surface area contributed by atoms with Gasteiger partial charge in [0.25, 0.3) is 0 Å². The lowest BCUT2D eigenvalue weighted by molar-refractivity contribution is 0.0860. The van der Waals surface area contributed by atoms with Crippen molar-refractivity contribution >= 4 is 12.4 Å². The summed E-state index contributed by atoms with van der Waals surface area (Å²) in [5.41, 5.74) is 6.69. The molecule has 0 aliphatic heterocycles. The van der Waals surface area contributed by atoms with Gasteiger partial charge in [-0.25, -0.2) is 0 Å². The van der Waals surface area contributed by atoms with E-state index in [2.05, 4.69) is 0 Å². The molecule has 0 bridgehead atoms. The molecule has 0 aromatic heterocycles. The van der Waals surface area contributed by atoms with Crippen LogP contribution in [0.25, 0.3) is 0 Å². The summed E-state index contributed by atoms with van der Waals surface area (Å²) in [6.45, 7) is 3.93. The number of halogens is 1. The highest BCUT2D eigenvalue weighted by Gasteiger charge is 2.28. The van der Waals surface area contributed by atoms with Gasteiger partial charge >= 0.3 is 0 Å². The minimum Gasteiger partial charge on any atom is -0.508 e. The van der Waals surface area contributed by atoms with E-state index in [0.717, 1.165) is 6.42 Å². The predicted octanol–water partition coefficient (Wildman–Crippen LogP) is 2.24. The summed E-state index contributed by atoms with van der Waals surface area (Å²) in [6.07, 6.45) is 0.106. The number of aliphatic hydroxyl groups is 1. The number of phenols is 1. The Kier molecular flexibility index (Phi) is 7.71. The molecule has 3 atom stereocenters. The van der Waals surface area contributed by atoms with Crippen molar-refractivity contribution in [3.8, 4) is 17.2 Å². The first-order valence-corrected chi connectivity index (χ1v) is 6.34. The Hall–Kier alpha value is -1.17. The Labute approximate surface area is 126 Å². The monoisotopic (exact) mass is 305 g/mol. The molecule has 0 aliphatic carbocycles. The van der Waals surface area contributed by atoms with Crippen molar-refractivity contribution in [2.24, 2.45) is 11.7 Å². The van der Waals surface area contributed by atoms with Gasteiger partial charge in [0.1, 0.15) is 17.2 Å². The number of phenolic OH excluding ortho intramolecular Hbond substituents is 1. The zero-order chi connectivity index (χ0) is 14.6. The molecule has 0 saturated heterocycles. The standard InChI is InChI=1S/C14H23NO4.ClH/c1-5-8(2)14(17)13(15)12-10(18-3)6-9(16)7-11(12)19-4;/h6-8,13-14,16-17H,5,15H2,1-4H3;1H/t8?,13-,14+;/m1./s1. The Morgan fingerprint density at radius 2 is 1.65 bits per heavy atom. The SMILES string of the molecule is CCC(C)[C@H](O)[C@H](N)c1c(OC)cc(O)cc1OC.Cl. The third-order valence-corrected chi connectivity index (χ3v) is 3.46. The fourth-order valence-electron chi connectivity index (χ4n) is 2.02. The van der Waals surface area contributed by atoms with Crippen LogP contribution in [0.3, 0.4) is 0 Å². The van der Waals surface area contributed by atoms with Crippen molar-refractivity contribution in [3.63, 3.8) is 0 Å². The minimum absolute atomic E-state index is 0. The van der Waals surface area contributed by atoms with E-state index in [1.807, 2.05) is 13.8 Å². The van der Waals surface area contributed by atoms with Crippen molar-refractivity contribution in [2.45, 2.75) is 32.4 Å². The summed E-state index contributed by atoms with van der Waals surface area (Å²) in [5.74, 6) is 0.902. The van der Waals surface area contributed by atoms with Gasteiger partial charge < -0.3 is 25.4 Å². The highest BCUT2D eigenvalue weighted by atomic mass is 35.5. The van der Waals surface area contributed by atoms with Crippen LogP contribution in [0.4, 0.5) is 0 Å². The molecule has 5 nitrogen and oxygen atoms in total. The Morgan fingerprint density at radius 1 is 1.20 bits per heavy atom. The van der Waals surface area contributed by atoms with Crippen molar-refractivity contribution in [2.75, 3.05) is 14.2 Å². The van der Waals surface area contributed by atoms with Crippen LogP contribution in [0.1, 0.15) is 31.9 Å². The fourth-order valence-corrected chi connectivity index (χ4v) is 2.02. The smallest absolute Gasteiger partial charge is 0.131 e. The van der Waals surface area contributed by atoms with E-state index >= 15 is 0 Å². The third kappa shape index (κ3) is 3.91. The van der Waals surface area contributed by atoms with E-state index in [1.54, 1.807) is 0 Å². The highest BCUT2D eigenvalue weighted by molar-refractivity contribution is 5.85. The number of aliphatic hydroxyl groups excluding tert-OH is 1. The van der Waals surface area contributed by atoms with Crippen LogP contribution in [0, 0.1) is 5.92 Å². The summed E-state index contributed by atoms with van der Waals surface area (Å²) in [7, 11) is 2.97. The number of rotatable bonds is 6. The average molecular weight is 306 g/mol. The number of aromatic hydroxyl groups is 1. The first-order chi connectivity index (χ1) is 8.96. The van der Waals surface area contributed by atoms with Gasteiger partial charge in [-0.2, -0.15) is 0 Å². The predicted molar refractivity (Wildman–Crippen MR) is 80.8 cm³/mol. The zero-order valence-corrected chi connectivity index (χ0v) is 13.1. The molecule has 4 N–H and O–H groups in total. The molecule has 0 amide bonds. The van der Waals surface area contributed by atoms with Gasteiger partial charge in [-0.05, 0) is 5.92 Å². The maximum Gasteiger partial charge on any atom is 0.131 e. The molecular formula is C14H24ClNO4. The highest BCUT2D eigenvalue weighted by Crippen LogP contribution is 2.39. The summed E-state index contributed by atoms with van der Waals surface area (Å²) in [5, 5.41) is 19.8. The Morgan fingerprint density at radius 3 is 2.00 bits per heavy atom. The molecule has 0 aliphatic rings. The van der Waals surface area contributed by atoms with Crippen LogP contribution in [-0.4, -0.2) is 30.5 Å². The van der Waals surface area contributed by atoms with E-state index in [-0.39, 0.29) is 24.1 Å². The second-order valence-corrected chi connectivity index (χ2v) is 4.67. The molecule has 1 aromatic rings. The average Bonchev–Trinajstić information content (AvgIpc) is 2.43. The van der Waals surface area contributed by atoms with E-state index in [0.29, 0.717) is 17.1 Å².